The molecule has 0 bridgehead atoms. The van der Waals surface area contributed by atoms with Gasteiger partial charge in [0, 0.05) is 12.0 Å². The Morgan fingerprint density at radius 3 is 2.92 bits per heavy atom. The molecule has 2 aromatic heterocycles. The zero-order chi connectivity index (χ0) is 17.1. The Hall–Kier alpha value is -3.01. The van der Waals surface area contributed by atoms with E-state index in [-0.39, 0.29) is 6.04 Å². The SMILES string of the molecule is CCCc1noc([C@@H](C)n2c(C)nnc2-c2cccc(C#N)c2)n1. The average Bonchev–Trinajstić information content (AvgIpc) is 3.21. The maximum Gasteiger partial charge on any atom is 0.249 e. The molecule has 0 radical (unpaired) electrons. The van der Waals surface area contributed by atoms with E-state index in [0.717, 1.165) is 24.2 Å². The summed E-state index contributed by atoms with van der Waals surface area (Å²) >= 11 is 0. The number of nitrogens with zero attached hydrogens (tertiary/aromatic N) is 6. The summed E-state index contributed by atoms with van der Waals surface area (Å²) in [5, 5.41) is 21.6. The second-order valence-corrected chi connectivity index (χ2v) is 5.61. The van der Waals surface area contributed by atoms with Crippen LogP contribution in [0.1, 0.15) is 49.4 Å². The number of rotatable bonds is 5. The van der Waals surface area contributed by atoms with Crippen LogP contribution in [0.4, 0.5) is 0 Å². The molecule has 0 saturated heterocycles. The van der Waals surface area contributed by atoms with Gasteiger partial charge in [-0.1, -0.05) is 24.2 Å². The van der Waals surface area contributed by atoms with Crippen LogP contribution in [0.15, 0.2) is 28.8 Å². The van der Waals surface area contributed by atoms with Gasteiger partial charge >= 0.3 is 0 Å². The quantitative estimate of drug-likeness (QED) is 0.716. The highest BCUT2D eigenvalue weighted by molar-refractivity contribution is 5.58. The summed E-state index contributed by atoms with van der Waals surface area (Å²) < 4.78 is 7.35. The van der Waals surface area contributed by atoms with Crippen LogP contribution >= 0.6 is 0 Å². The minimum Gasteiger partial charge on any atom is -0.337 e. The van der Waals surface area contributed by atoms with Crippen molar-refractivity contribution in [3.63, 3.8) is 0 Å². The van der Waals surface area contributed by atoms with E-state index >= 15 is 0 Å². The van der Waals surface area contributed by atoms with Crippen LogP contribution in [0, 0.1) is 18.3 Å². The molecule has 0 aliphatic carbocycles. The molecule has 2 heterocycles. The van der Waals surface area contributed by atoms with Gasteiger partial charge < -0.3 is 4.52 Å². The first-order valence-electron chi connectivity index (χ1n) is 7.88. The van der Waals surface area contributed by atoms with Crippen LogP contribution in [0.3, 0.4) is 0 Å². The first-order chi connectivity index (χ1) is 11.6. The molecule has 7 heteroatoms. The Morgan fingerprint density at radius 2 is 2.17 bits per heavy atom. The number of aryl methyl sites for hydroxylation is 2. The summed E-state index contributed by atoms with van der Waals surface area (Å²) in [4.78, 5) is 4.46. The Kier molecular flexibility index (Phi) is 4.38. The zero-order valence-electron chi connectivity index (χ0n) is 13.9. The van der Waals surface area contributed by atoms with Gasteiger partial charge in [-0.3, -0.25) is 4.57 Å². The third-order valence-electron chi connectivity index (χ3n) is 3.82. The third kappa shape index (κ3) is 2.91. The van der Waals surface area contributed by atoms with E-state index in [9.17, 15) is 0 Å². The second kappa shape index (κ2) is 6.62. The van der Waals surface area contributed by atoms with Gasteiger partial charge in [0.25, 0.3) is 0 Å². The van der Waals surface area contributed by atoms with Crippen LogP contribution in [-0.2, 0) is 6.42 Å². The highest BCUT2D eigenvalue weighted by atomic mass is 16.5. The van der Waals surface area contributed by atoms with E-state index in [1.165, 1.54) is 0 Å². The molecule has 0 fully saturated rings. The molecule has 3 rings (SSSR count). The number of benzene rings is 1. The molecule has 0 aliphatic heterocycles. The molecule has 7 nitrogen and oxygen atoms in total. The smallest absolute Gasteiger partial charge is 0.249 e. The lowest BCUT2D eigenvalue weighted by Gasteiger charge is -2.13. The summed E-state index contributed by atoms with van der Waals surface area (Å²) in [5.74, 6) is 2.65. The number of nitriles is 1. The van der Waals surface area contributed by atoms with Gasteiger partial charge in [-0.2, -0.15) is 10.2 Å². The van der Waals surface area contributed by atoms with Crippen LogP contribution in [0.5, 0.6) is 0 Å². The van der Waals surface area contributed by atoms with Crippen molar-refractivity contribution in [2.75, 3.05) is 0 Å². The zero-order valence-corrected chi connectivity index (χ0v) is 13.9. The fourth-order valence-corrected chi connectivity index (χ4v) is 2.63. The molecule has 0 spiro atoms. The summed E-state index contributed by atoms with van der Waals surface area (Å²) in [6.45, 7) is 5.92. The molecule has 1 atom stereocenters. The minimum absolute atomic E-state index is 0.196. The number of hydrogen-bond donors (Lipinski definition) is 0. The van der Waals surface area contributed by atoms with Gasteiger partial charge in [-0.05, 0) is 32.4 Å². The lowest BCUT2D eigenvalue weighted by atomic mass is 10.1. The number of aromatic nitrogens is 5. The van der Waals surface area contributed by atoms with Crippen LogP contribution in [0.2, 0.25) is 0 Å². The lowest BCUT2D eigenvalue weighted by molar-refractivity contribution is 0.341. The summed E-state index contributed by atoms with van der Waals surface area (Å²) in [6.07, 6.45) is 1.75. The molecule has 0 amide bonds. The van der Waals surface area contributed by atoms with Crippen LogP contribution in [-0.4, -0.2) is 24.9 Å². The fourth-order valence-electron chi connectivity index (χ4n) is 2.63. The Labute approximate surface area is 140 Å². The standard InChI is InChI=1S/C17H18N6O/c1-4-6-15-19-17(24-22-15)11(2)23-12(3)20-21-16(23)14-8-5-7-13(9-14)10-18/h5,7-9,11H,4,6H2,1-3H3/t11-/m1/s1. The molecule has 1 aromatic carbocycles. The van der Waals surface area contributed by atoms with Crippen molar-refractivity contribution < 1.29 is 4.52 Å². The molecule has 0 N–H and O–H groups in total. The molecule has 0 unspecified atom stereocenters. The first kappa shape index (κ1) is 15.9. The predicted molar refractivity (Wildman–Crippen MR) is 87.0 cm³/mol. The van der Waals surface area contributed by atoms with Crippen molar-refractivity contribution in [3.05, 3.63) is 47.4 Å². The molecule has 0 aliphatic rings. The Morgan fingerprint density at radius 1 is 1.33 bits per heavy atom. The maximum atomic E-state index is 9.10. The van der Waals surface area contributed by atoms with Crippen molar-refractivity contribution in [3.8, 4) is 17.5 Å². The second-order valence-electron chi connectivity index (χ2n) is 5.61. The Balaban J connectivity index is 2.01. The molecule has 0 saturated carbocycles. The largest absolute Gasteiger partial charge is 0.337 e. The van der Waals surface area contributed by atoms with Crippen molar-refractivity contribution >= 4 is 0 Å². The van der Waals surface area contributed by atoms with E-state index in [4.69, 9.17) is 9.78 Å². The van der Waals surface area contributed by atoms with Crippen LogP contribution < -0.4 is 0 Å². The molecule has 24 heavy (non-hydrogen) atoms. The average molecular weight is 322 g/mol. The monoisotopic (exact) mass is 322 g/mol. The van der Waals surface area contributed by atoms with E-state index in [2.05, 4.69) is 33.3 Å². The van der Waals surface area contributed by atoms with Crippen LogP contribution in [0.25, 0.3) is 11.4 Å². The molecular formula is C17H18N6O. The van der Waals surface area contributed by atoms with Gasteiger partial charge in [0.05, 0.1) is 11.6 Å². The fraction of sp³-hybridized carbons (Fsp3) is 0.353. The van der Waals surface area contributed by atoms with E-state index in [1.54, 1.807) is 12.1 Å². The lowest BCUT2D eigenvalue weighted by Crippen LogP contribution is -2.11. The molecular weight excluding hydrogens is 304 g/mol. The predicted octanol–water partition coefficient (Wildman–Crippen LogP) is 3.07. The van der Waals surface area contributed by atoms with Crippen molar-refractivity contribution in [2.45, 2.75) is 39.7 Å². The third-order valence-corrected chi connectivity index (χ3v) is 3.82. The van der Waals surface area contributed by atoms with E-state index in [1.807, 2.05) is 30.5 Å². The van der Waals surface area contributed by atoms with Crippen molar-refractivity contribution in [1.29, 1.82) is 5.26 Å². The first-order valence-corrected chi connectivity index (χ1v) is 7.88. The van der Waals surface area contributed by atoms with Gasteiger partial charge in [0.2, 0.25) is 5.89 Å². The van der Waals surface area contributed by atoms with Gasteiger partial charge in [0.1, 0.15) is 11.9 Å². The van der Waals surface area contributed by atoms with Crippen molar-refractivity contribution in [2.24, 2.45) is 0 Å². The Bertz CT molecular complexity index is 889. The highest BCUT2D eigenvalue weighted by Gasteiger charge is 2.22. The van der Waals surface area contributed by atoms with Gasteiger partial charge in [0.15, 0.2) is 11.6 Å². The highest BCUT2D eigenvalue weighted by Crippen LogP contribution is 2.26. The molecule has 3 aromatic rings. The summed E-state index contributed by atoms with van der Waals surface area (Å²) in [5.41, 5.74) is 1.41. The number of hydrogen-bond acceptors (Lipinski definition) is 6. The maximum absolute atomic E-state index is 9.10. The summed E-state index contributed by atoms with van der Waals surface area (Å²) in [7, 11) is 0. The van der Waals surface area contributed by atoms with Gasteiger partial charge in [-0.25, -0.2) is 0 Å². The van der Waals surface area contributed by atoms with Crippen molar-refractivity contribution in [1.82, 2.24) is 24.9 Å². The topological polar surface area (TPSA) is 93.4 Å². The summed E-state index contributed by atoms with van der Waals surface area (Å²) in [6, 6.07) is 9.24. The van der Waals surface area contributed by atoms with E-state index in [0.29, 0.717) is 23.1 Å². The normalized spacial score (nSPS) is 12.1. The van der Waals surface area contributed by atoms with E-state index < -0.39 is 0 Å². The molecule has 122 valence electrons. The van der Waals surface area contributed by atoms with Gasteiger partial charge in [-0.15, -0.1) is 10.2 Å². The minimum atomic E-state index is -0.196.